The molecule has 0 amide bonds. The molecular formula is C13H26N2O2. The van der Waals surface area contributed by atoms with Crippen LogP contribution in [0.1, 0.15) is 40.0 Å². The van der Waals surface area contributed by atoms with Crippen LogP contribution in [0.15, 0.2) is 0 Å². The maximum absolute atomic E-state index is 11.4. The van der Waals surface area contributed by atoms with Gasteiger partial charge in [0.05, 0.1) is 0 Å². The molecule has 2 atom stereocenters. The van der Waals surface area contributed by atoms with Crippen LogP contribution in [0.4, 0.5) is 0 Å². The minimum Gasteiger partial charge on any atom is -0.480 e. The number of hydrogen-bond donors (Lipinski definition) is 2. The summed E-state index contributed by atoms with van der Waals surface area (Å²) in [7, 11) is 0. The topological polar surface area (TPSA) is 52.6 Å². The van der Waals surface area contributed by atoms with E-state index in [-0.39, 0.29) is 0 Å². The monoisotopic (exact) mass is 242 g/mol. The van der Waals surface area contributed by atoms with Crippen LogP contribution in [0.3, 0.4) is 0 Å². The van der Waals surface area contributed by atoms with Gasteiger partial charge in [0.15, 0.2) is 0 Å². The van der Waals surface area contributed by atoms with E-state index in [0.717, 1.165) is 26.1 Å². The summed E-state index contributed by atoms with van der Waals surface area (Å²) in [5.41, 5.74) is -0.812. The summed E-state index contributed by atoms with van der Waals surface area (Å²) in [4.78, 5) is 13.7. The zero-order valence-electron chi connectivity index (χ0n) is 11.3. The molecule has 4 heteroatoms. The third-order valence-corrected chi connectivity index (χ3v) is 3.52. The lowest BCUT2D eigenvalue weighted by molar-refractivity contribution is -0.145. The largest absolute Gasteiger partial charge is 0.480 e. The van der Waals surface area contributed by atoms with Gasteiger partial charge in [-0.15, -0.1) is 0 Å². The Morgan fingerprint density at radius 1 is 1.59 bits per heavy atom. The Morgan fingerprint density at radius 2 is 2.29 bits per heavy atom. The number of nitrogens with zero attached hydrogens (tertiary/aromatic N) is 1. The van der Waals surface area contributed by atoms with Crippen LogP contribution in [0.2, 0.25) is 0 Å². The van der Waals surface area contributed by atoms with Gasteiger partial charge in [0.1, 0.15) is 5.54 Å². The van der Waals surface area contributed by atoms with Gasteiger partial charge in [-0.1, -0.05) is 13.8 Å². The Hall–Kier alpha value is -0.610. The minimum absolute atomic E-state index is 0.604. The minimum atomic E-state index is -0.812. The normalized spacial score (nSPS) is 25.5. The second kappa shape index (κ2) is 6.36. The van der Waals surface area contributed by atoms with E-state index in [1.807, 2.05) is 0 Å². The first-order chi connectivity index (χ1) is 7.98. The highest BCUT2D eigenvalue weighted by Gasteiger charge is 2.35. The molecule has 4 nitrogen and oxygen atoms in total. The molecule has 1 rings (SSSR count). The first kappa shape index (κ1) is 14.5. The molecule has 0 aromatic heterocycles. The second-order valence-electron chi connectivity index (χ2n) is 5.55. The molecule has 1 fully saturated rings. The van der Waals surface area contributed by atoms with Crippen LogP contribution in [0, 0.1) is 5.92 Å². The Morgan fingerprint density at radius 3 is 2.82 bits per heavy atom. The molecule has 0 aliphatic carbocycles. The second-order valence-corrected chi connectivity index (χ2v) is 5.55. The predicted octanol–water partition coefficient (Wildman–Crippen LogP) is 1.56. The summed E-state index contributed by atoms with van der Waals surface area (Å²) in [5, 5.41) is 12.5. The Labute approximate surface area is 104 Å². The van der Waals surface area contributed by atoms with Crippen molar-refractivity contribution in [3.63, 3.8) is 0 Å². The molecule has 1 heterocycles. The molecule has 0 saturated carbocycles. The van der Waals surface area contributed by atoms with Crippen LogP contribution in [0.25, 0.3) is 0 Å². The predicted molar refractivity (Wildman–Crippen MR) is 69.2 cm³/mol. The fourth-order valence-electron chi connectivity index (χ4n) is 2.48. The zero-order chi connectivity index (χ0) is 12.9. The molecule has 1 saturated heterocycles. The van der Waals surface area contributed by atoms with Crippen LogP contribution in [-0.4, -0.2) is 47.7 Å². The molecule has 0 spiro atoms. The van der Waals surface area contributed by atoms with Crippen molar-refractivity contribution >= 4 is 5.97 Å². The lowest BCUT2D eigenvalue weighted by Gasteiger charge is -2.37. The van der Waals surface area contributed by atoms with Crippen molar-refractivity contribution in [2.45, 2.75) is 45.6 Å². The van der Waals surface area contributed by atoms with E-state index in [0.29, 0.717) is 12.5 Å². The zero-order valence-corrected chi connectivity index (χ0v) is 11.3. The molecule has 0 bridgehead atoms. The smallest absolute Gasteiger partial charge is 0.324 e. The molecular weight excluding hydrogens is 216 g/mol. The Balaban J connectivity index is 2.56. The molecule has 2 N–H and O–H groups in total. The number of carboxylic acid groups (broad SMARTS) is 1. The van der Waals surface area contributed by atoms with Gasteiger partial charge in [0.25, 0.3) is 0 Å². The van der Waals surface area contributed by atoms with Crippen molar-refractivity contribution in [1.82, 2.24) is 10.2 Å². The first-order valence-electron chi connectivity index (χ1n) is 6.68. The van der Waals surface area contributed by atoms with Crippen molar-refractivity contribution in [2.75, 3.05) is 26.2 Å². The summed E-state index contributed by atoms with van der Waals surface area (Å²) >= 11 is 0. The van der Waals surface area contributed by atoms with E-state index in [4.69, 9.17) is 0 Å². The first-order valence-corrected chi connectivity index (χ1v) is 6.68. The van der Waals surface area contributed by atoms with Crippen molar-refractivity contribution in [1.29, 1.82) is 0 Å². The number of nitrogens with one attached hydrogen (secondary N) is 1. The number of hydrogen-bond acceptors (Lipinski definition) is 3. The third kappa shape index (κ3) is 4.28. The fourth-order valence-corrected chi connectivity index (χ4v) is 2.48. The van der Waals surface area contributed by atoms with E-state index in [2.05, 4.69) is 24.1 Å². The highest BCUT2D eigenvalue weighted by molar-refractivity contribution is 5.78. The van der Waals surface area contributed by atoms with E-state index >= 15 is 0 Å². The Kier molecular flexibility index (Phi) is 5.40. The highest BCUT2D eigenvalue weighted by atomic mass is 16.4. The van der Waals surface area contributed by atoms with Crippen LogP contribution < -0.4 is 5.32 Å². The van der Waals surface area contributed by atoms with Crippen molar-refractivity contribution < 1.29 is 9.90 Å². The number of piperidine rings is 1. The summed E-state index contributed by atoms with van der Waals surface area (Å²) in [6, 6.07) is 0. The lowest BCUT2D eigenvalue weighted by Crippen LogP contribution is -2.58. The van der Waals surface area contributed by atoms with Crippen LogP contribution in [0.5, 0.6) is 0 Å². The molecule has 0 aromatic rings. The summed E-state index contributed by atoms with van der Waals surface area (Å²) in [6.07, 6.45) is 3.41. The van der Waals surface area contributed by atoms with Crippen molar-refractivity contribution in [2.24, 2.45) is 5.92 Å². The quantitative estimate of drug-likeness (QED) is 0.742. The maximum atomic E-state index is 11.4. The molecule has 17 heavy (non-hydrogen) atoms. The van der Waals surface area contributed by atoms with Gasteiger partial charge in [0.2, 0.25) is 0 Å². The average Bonchev–Trinajstić information content (AvgIpc) is 2.26. The average molecular weight is 242 g/mol. The third-order valence-electron chi connectivity index (χ3n) is 3.52. The van der Waals surface area contributed by atoms with Gasteiger partial charge in [-0.2, -0.15) is 0 Å². The molecule has 100 valence electrons. The SMILES string of the molecule is CCCNC(C)(CN1CCCC(C)C1)C(=O)O. The van der Waals surface area contributed by atoms with E-state index in [1.165, 1.54) is 12.8 Å². The Bertz CT molecular complexity index is 258. The fraction of sp³-hybridized carbons (Fsp3) is 0.923. The molecule has 0 radical (unpaired) electrons. The van der Waals surface area contributed by atoms with Gasteiger partial charge in [-0.3, -0.25) is 4.79 Å². The summed E-state index contributed by atoms with van der Waals surface area (Å²) < 4.78 is 0. The molecule has 1 aliphatic heterocycles. The highest BCUT2D eigenvalue weighted by Crippen LogP contribution is 2.18. The number of rotatable bonds is 6. The van der Waals surface area contributed by atoms with Crippen LogP contribution >= 0.6 is 0 Å². The van der Waals surface area contributed by atoms with Crippen molar-refractivity contribution in [3.05, 3.63) is 0 Å². The van der Waals surface area contributed by atoms with Gasteiger partial charge in [-0.05, 0) is 45.2 Å². The molecule has 2 unspecified atom stereocenters. The van der Waals surface area contributed by atoms with Gasteiger partial charge >= 0.3 is 5.97 Å². The molecule has 1 aliphatic rings. The number of likely N-dealkylation sites (tertiary alicyclic amines) is 1. The van der Waals surface area contributed by atoms with E-state index < -0.39 is 11.5 Å². The van der Waals surface area contributed by atoms with Gasteiger partial charge in [0, 0.05) is 13.1 Å². The summed E-state index contributed by atoms with van der Waals surface area (Å²) in [6.45, 7) is 9.50. The van der Waals surface area contributed by atoms with E-state index in [9.17, 15) is 9.90 Å². The standard InChI is InChI=1S/C13H26N2O2/c1-4-7-14-13(3,12(16)17)10-15-8-5-6-11(2)9-15/h11,14H,4-10H2,1-3H3,(H,16,17). The van der Waals surface area contributed by atoms with Crippen molar-refractivity contribution in [3.8, 4) is 0 Å². The molecule has 0 aromatic carbocycles. The number of aliphatic carboxylic acids is 1. The van der Waals surface area contributed by atoms with Gasteiger partial charge in [-0.25, -0.2) is 0 Å². The van der Waals surface area contributed by atoms with E-state index in [1.54, 1.807) is 6.92 Å². The number of carboxylic acids is 1. The maximum Gasteiger partial charge on any atom is 0.324 e. The summed E-state index contributed by atoms with van der Waals surface area (Å²) in [5.74, 6) is -0.0582. The number of carbonyl (C=O) groups is 1. The lowest BCUT2D eigenvalue weighted by atomic mass is 9.96. The van der Waals surface area contributed by atoms with Gasteiger partial charge < -0.3 is 15.3 Å². The van der Waals surface area contributed by atoms with Crippen LogP contribution in [-0.2, 0) is 4.79 Å².